The Morgan fingerprint density at radius 3 is 1.59 bits per heavy atom. The van der Waals surface area contributed by atoms with Crippen LogP contribution in [0, 0.1) is 0 Å². The summed E-state index contributed by atoms with van der Waals surface area (Å²) in [5, 5.41) is 50.4. The molecule has 0 aromatic heterocycles. The van der Waals surface area contributed by atoms with Crippen molar-refractivity contribution in [1.29, 1.82) is 0 Å². The lowest BCUT2D eigenvalue weighted by Crippen LogP contribution is -2.55. The van der Waals surface area contributed by atoms with Crippen LogP contribution in [-0.2, 0) is 87.5 Å². The normalized spacial score (nSPS) is 13.3. The molecule has 0 bridgehead atoms. The van der Waals surface area contributed by atoms with Gasteiger partial charge >= 0.3 is 29.9 Å². The standard InChI is InChI=1S/C46H71N7O22S/c47-31(42(62)50-34(27-41(60)61)43(63)51-35(28-76)45(66)67)6-8-36(55)33(26-30-4-2-1-3-5-30)49-38(57)12-14-69-16-18-71-20-22-73-24-25-74-23-21-72-19-17-70-15-13-48-37(56)9-7-32(44(64)65)52-46(68)53-39(75-29-54)10-11-40(58)59/h1-5,29,31-35,39,76H,6-28,47H2,(H,48,56)(H,49,57)(H,50,62)(H,51,63)(H,58,59)(H,60,61)(H,64,65)(H,66,67)(H2,52,53,68)/t31-,32-,33-,34?,35-,39+/m0/s1. The van der Waals surface area contributed by atoms with Crippen LogP contribution in [-0.4, -0.2) is 214 Å². The van der Waals surface area contributed by atoms with Crippen LogP contribution in [0.15, 0.2) is 30.3 Å². The van der Waals surface area contributed by atoms with Gasteiger partial charge in [0.05, 0.1) is 104 Å². The first-order valence-corrected chi connectivity index (χ1v) is 24.6. The van der Waals surface area contributed by atoms with E-state index in [9.17, 15) is 68.1 Å². The Labute approximate surface area is 443 Å². The van der Waals surface area contributed by atoms with E-state index in [1.54, 1.807) is 30.3 Å². The third-order valence-corrected chi connectivity index (χ3v) is 10.5. The minimum Gasteiger partial charge on any atom is -0.481 e. The van der Waals surface area contributed by atoms with E-state index in [-0.39, 0.29) is 110 Å². The van der Waals surface area contributed by atoms with Crippen LogP contribution < -0.4 is 37.6 Å². The molecule has 6 amide bonds. The van der Waals surface area contributed by atoms with Crippen molar-refractivity contribution >= 4 is 78.4 Å². The summed E-state index contributed by atoms with van der Waals surface area (Å²) in [6.45, 7) is 3.00. The molecule has 0 saturated carbocycles. The van der Waals surface area contributed by atoms with Crippen molar-refractivity contribution in [2.24, 2.45) is 5.73 Å². The molecule has 1 unspecified atom stereocenters. The maximum absolute atomic E-state index is 13.3. The number of carboxylic acid groups (broad SMARTS) is 4. The first kappa shape index (κ1) is 67.5. The zero-order valence-corrected chi connectivity index (χ0v) is 42.7. The van der Waals surface area contributed by atoms with Gasteiger partial charge in [-0.2, -0.15) is 12.6 Å². The predicted molar refractivity (Wildman–Crippen MR) is 265 cm³/mol. The molecule has 0 spiro atoms. The number of ketones is 1. The molecule has 6 atom stereocenters. The molecule has 0 aliphatic rings. The van der Waals surface area contributed by atoms with Crippen molar-refractivity contribution in [2.75, 3.05) is 91.6 Å². The van der Waals surface area contributed by atoms with Crippen LogP contribution in [0.1, 0.15) is 56.9 Å². The van der Waals surface area contributed by atoms with Crippen molar-refractivity contribution in [3.05, 3.63) is 35.9 Å². The van der Waals surface area contributed by atoms with Gasteiger partial charge in [0.1, 0.15) is 18.1 Å². The van der Waals surface area contributed by atoms with Gasteiger partial charge in [-0.05, 0) is 24.8 Å². The lowest BCUT2D eigenvalue weighted by atomic mass is 9.97. The van der Waals surface area contributed by atoms with Gasteiger partial charge in [-0.3, -0.25) is 38.4 Å². The zero-order valence-electron chi connectivity index (χ0n) is 41.9. The van der Waals surface area contributed by atoms with Gasteiger partial charge in [-0.1, -0.05) is 30.3 Å². The molecule has 0 saturated heterocycles. The topological polar surface area (TPSA) is 431 Å². The van der Waals surface area contributed by atoms with Crippen LogP contribution in [0.5, 0.6) is 0 Å². The highest BCUT2D eigenvalue weighted by molar-refractivity contribution is 7.80. The third-order valence-electron chi connectivity index (χ3n) is 10.2. The number of nitrogens with one attached hydrogen (secondary N) is 6. The summed E-state index contributed by atoms with van der Waals surface area (Å²) in [4.78, 5) is 131. The molecule has 30 heteroatoms. The number of benzene rings is 1. The summed E-state index contributed by atoms with van der Waals surface area (Å²) in [6, 6.07) is 0.918. The molecule has 0 fully saturated rings. The number of hydrogen-bond acceptors (Lipinski definition) is 20. The number of amides is 6. The molecular weight excluding hydrogens is 1030 g/mol. The zero-order chi connectivity index (χ0) is 56.5. The van der Waals surface area contributed by atoms with Crippen LogP contribution in [0.4, 0.5) is 4.79 Å². The number of aliphatic carboxylic acids is 4. The number of carbonyl (C=O) groups is 11. The first-order valence-electron chi connectivity index (χ1n) is 24.0. The number of carboxylic acids is 4. The van der Waals surface area contributed by atoms with E-state index in [0.29, 0.717) is 33.0 Å². The quantitative estimate of drug-likeness (QED) is 0.0137. The van der Waals surface area contributed by atoms with Crippen molar-refractivity contribution in [2.45, 2.75) is 94.2 Å². The second kappa shape index (κ2) is 41.7. The second-order valence-electron chi connectivity index (χ2n) is 16.1. The van der Waals surface area contributed by atoms with Crippen LogP contribution in [0.2, 0.25) is 0 Å². The number of hydrogen-bond donors (Lipinski definition) is 12. The van der Waals surface area contributed by atoms with E-state index in [4.69, 9.17) is 39.3 Å². The summed E-state index contributed by atoms with van der Waals surface area (Å²) >= 11 is 3.84. The number of nitrogens with two attached hydrogens (primary N) is 1. The van der Waals surface area contributed by atoms with Gasteiger partial charge in [-0.15, -0.1) is 0 Å². The minimum absolute atomic E-state index is 0.0101. The molecule has 1 aromatic rings. The highest BCUT2D eigenvalue weighted by Gasteiger charge is 2.30. The monoisotopic (exact) mass is 1110 g/mol. The van der Waals surface area contributed by atoms with Crippen LogP contribution in [0.25, 0.3) is 0 Å². The van der Waals surface area contributed by atoms with Gasteiger partial charge in [0, 0.05) is 38.0 Å². The van der Waals surface area contributed by atoms with E-state index < -0.39 is 109 Å². The van der Waals surface area contributed by atoms with Gasteiger partial charge in [0.2, 0.25) is 23.6 Å². The van der Waals surface area contributed by atoms with Crippen molar-refractivity contribution in [3.63, 3.8) is 0 Å². The Kier molecular flexibility index (Phi) is 37.0. The van der Waals surface area contributed by atoms with Crippen molar-refractivity contribution in [3.8, 4) is 0 Å². The molecule has 12 N–H and O–H groups in total. The lowest BCUT2D eigenvalue weighted by molar-refractivity contribution is -0.143. The molecular formula is C46H71N7O22S. The van der Waals surface area contributed by atoms with Crippen LogP contribution >= 0.6 is 12.6 Å². The van der Waals surface area contributed by atoms with Gasteiger partial charge in [0.25, 0.3) is 6.47 Å². The van der Waals surface area contributed by atoms with Gasteiger partial charge < -0.3 is 91.2 Å². The second-order valence-corrected chi connectivity index (χ2v) is 16.5. The first-order chi connectivity index (χ1) is 36.4. The number of carbonyl (C=O) groups excluding carboxylic acids is 7. The Morgan fingerprint density at radius 2 is 1.08 bits per heavy atom. The average molecular weight is 1110 g/mol. The number of rotatable bonds is 47. The fraction of sp³-hybridized carbons (Fsp3) is 0.630. The highest BCUT2D eigenvalue weighted by atomic mass is 32.1. The molecule has 76 heavy (non-hydrogen) atoms. The summed E-state index contributed by atoms with van der Waals surface area (Å²) in [6.07, 6.45) is -3.77. The Morgan fingerprint density at radius 1 is 0.539 bits per heavy atom. The Bertz CT molecular complexity index is 1960. The SMILES string of the molecule is N[C@@H](CCC(=O)[C@H](Cc1ccccc1)NC(=O)CCOCCOCCOCCOCCOCCOCCNC(=O)CC[C@H](NC(=O)N[C@@H](CCC(=O)O)OC=O)C(=O)O)C(=O)NC(CC(=O)O)C(=O)N[C@@H](CS)C(=O)O. The molecule has 1 rings (SSSR count). The Hall–Kier alpha value is -6.54. The molecule has 29 nitrogen and oxygen atoms in total. The number of Topliss-reactive ketones (excluding diaryl/α,β-unsaturated/α-hetero) is 1. The van der Waals surface area contributed by atoms with E-state index in [1.165, 1.54) is 0 Å². The molecule has 0 radical (unpaired) electrons. The predicted octanol–water partition coefficient (Wildman–Crippen LogP) is -2.65. The molecule has 1 aromatic carbocycles. The summed E-state index contributed by atoms with van der Waals surface area (Å²) in [5.74, 6) is -9.21. The summed E-state index contributed by atoms with van der Waals surface area (Å²) in [7, 11) is 0. The average Bonchev–Trinajstić information content (AvgIpc) is 3.37. The fourth-order valence-corrected chi connectivity index (χ4v) is 6.42. The van der Waals surface area contributed by atoms with Crippen molar-refractivity contribution < 1.29 is 106 Å². The Balaban J connectivity index is 2.20. The van der Waals surface area contributed by atoms with Gasteiger partial charge in [0.15, 0.2) is 12.0 Å². The molecule has 428 valence electrons. The van der Waals surface area contributed by atoms with Gasteiger partial charge in [-0.25, -0.2) is 14.4 Å². The lowest BCUT2D eigenvalue weighted by Gasteiger charge is -2.22. The number of urea groups is 1. The maximum Gasteiger partial charge on any atom is 0.327 e. The largest absolute Gasteiger partial charge is 0.481 e. The van der Waals surface area contributed by atoms with E-state index in [2.05, 4.69) is 49.3 Å². The molecule has 0 heterocycles. The maximum atomic E-state index is 13.3. The fourth-order valence-electron chi connectivity index (χ4n) is 6.18. The summed E-state index contributed by atoms with van der Waals surface area (Å²) in [5.41, 5.74) is 6.73. The minimum atomic E-state index is -1.66. The van der Waals surface area contributed by atoms with E-state index >= 15 is 0 Å². The number of ether oxygens (including phenoxy) is 7. The molecule has 0 aliphatic heterocycles. The van der Waals surface area contributed by atoms with Crippen molar-refractivity contribution in [1.82, 2.24) is 31.9 Å². The van der Waals surface area contributed by atoms with Crippen LogP contribution in [0.3, 0.4) is 0 Å². The smallest absolute Gasteiger partial charge is 0.327 e. The van der Waals surface area contributed by atoms with E-state index in [1.807, 2.05) is 0 Å². The summed E-state index contributed by atoms with van der Waals surface area (Å²) < 4.78 is 37.3. The number of thiol groups is 1. The highest BCUT2D eigenvalue weighted by Crippen LogP contribution is 2.10. The third kappa shape index (κ3) is 34.1. The van der Waals surface area contributed by atoms with E-state index in [0.717, 1.165) is 5.56 Å². The molecule has 0 aliphatic carbocycles.